The summed E-state index contributed by atoms with van der Waals surface area (Å²) in [5, 5.41) is 0.671. The fourth-order valence-electron chi connectivity index (χ4n) is 3.23. The van der Waals surface area contributed by atoms with Crippen LogP contribution in [0.5, 0.6) is 11.5 Å². The number of halogens is 2. The van der Waals surface area contributed by atoms with Crippen molar-refractivity contribution < 1.29 is 9.53 Å². The molecular formula is C21H17Cl2N3O2. The molecule has 28 heavy (non-hydrogen) atoms. The second-order valence-corrected chi connectivity index (χ2v) is 7.38. The van der Waals surface area contributed by atoms with E-state index in [9.17, 15) is 4.79 Å². The van der Waals surface area contributed by atoms with Gasteiger partial charge in [0.1, 0.15) is 5.75 Å². The molecule has 0 saturated heterocycles. The highest BCUT2D eigenvalue weighted by Crippen LogP contribution is 2.38. The van der Waals surface area contributed by atoms with Gasteiger partial charge in [-0.1, -0.05) is 23.2 Å². The van der Waals surface area contributed by atoms with Crippen molar-refractivity contribution in [2.24, 2.45) is 0 Å². The number of aromatic nitrogens is 1. The molecule has 0 spiro atoms. The van der Waals surface area contributed by atoms with Gasteiger partial charge in [-0.15, -0.1) is 0 Å². The summed E-state index contributed by atoms with van der Waals surface area (Å²) in [5.41, 5.74) is 8.87. The topological polar surface area (TPSA) is 68.5 Å². The summed E-state index contributed by atoms with van der Waals surface area (Å²) in [5.74, 6) is 0.926. The van der Waals surface area contributed by atoms with Gasteiger partial charge in [0.2, 0.25) is 0 Å². The van der Waals surface area contributed by atoms with Crippen LogP contribution in [0.1, 0.15) is 21.5 Å². The number of hydrogen-bond acceptors (Lipinski definition) is 4. The first-order chi connectivity index (χ1) is 13.5. The van der Waals surface area contributed by atoms with Crippen molar-refractivity contribution in [3.63, 3.8) is 0 Å². The molecule has 1 amide bonds. The van der Waals surface area contributed by atoms with Gasteiger partial charge in [-0.2, -0.15) is 0 Å². The Morgan fingerprint density at radius 3 is 2.50 bits per heavy atom. The number of benzene rings is 2. The zero-order valence-electron chi connectivity index (χ0n) is 14.9. The lowest BCUT2D eigenvalue weighted by atomic mass is 9.98. The summed E-state index contributed by atoms with van der Waals surface area (Å²) in [6.07, 6.45) is 4.20. The van der Waals surface area contributed by atoms with E-state index >= 15 is 0 Å². The number of nitrogens with zero attached hydrogens (tertiary/aromatic N) is 2. The molecule has 0 aliphatic carbocycles. The molecule has 0 radical (unpaired) electrons. The maximum atomic E-state index is 12.8. The fourth-order valence-corrected chi connectivity index (χ4v) is 3.81. The van der Waals surface area contributed by atoms with Gasteiger partial charge in [0.25, 0.3) is 5.91 Å². The van der Waals surface area contributed by atoms with E-state index in [0.29, 0.717) is 45.9 Å². The third kappa shape index (κ3) is 3.77. The summed E-state index contributed by atoms with van der Waals surface area (Å²) in [6, 6.07) is 12.4. The molecule has 1 aromatic heterocycles. The van der Waals surface area contributed by atoms with Crippen LogP contribution in [0.15, 0.2) is 54.9 Å². The Bertz CT molecular complexity index is 1020. The molecule has 2 aromatic carbocycles. The smallest absolute Gasteiger partial charge is 0.254 e. The molecule has 1 aliphatic heterocycles. The Morgan fingerprint density at radius 1 is 1.07 bits per heavy atom. The van der Waals surface area contributed by atoms with Crippen LogP contribution in [0, 0.1) is 0 Å². The highest BCUT2D eigenvalue weighted by atomic mass is 35.5. The molecular weight excluding hydrogens is 397 g/mol. The molecule has 3 aromatic rings. The molecule has 0 saturated carbocycles. The summed E-state index contributed by atoms with van der Waals surface area (Å²) in [7, 11) is 0. The highest BCUT2D eigenvalue weighted by molar-refractivity contribution is 6.37. The number of anilines is 1. The van der Waals surface area contributed by atoms with E-state index in [4.69, 9.17) is 33.7 Å². The number of ether oxygens (including phenoxy) is 1. The molecule has 1 aliphatic rings. The van der Waals surface area contributed by atoms with Crippen molar-refractivity contribution in [3.8, 4) is 11.5 Å². The standard InChI is InChI=1S/C21H17Cl2N3O2/c22-18-10-15(24)11-19(23)20(18)28-16-1-2-17-14(9-16)5-8-26(21(17)27)12-13-3-6-25-7-4-13/h1-4,6-7,9-11H,5,8,12,24H2. The maximum absolute atomic E-state index is 12.8. The lowest BCUT2D eigenvalue weighted by molar-refractivity contribution is 0.0727. The predicted molar refractivity (Wildman–Crippen MR) is 110 cm³/mol. The van der Waals surface area contributed by atoms with Crippen molar-refractivity contribution in [1.29, 1.82) is 0 Å². The number of carbonyl (C=O) groups is 1. The molecule has 2 N–H and O–H groups in total. The Labute approximate surface area is 172 Å². The summed E-state index contributed by atoms with van der Waals surface area (Å²) < 4.78 is 5.87. The molecule has 142 valence electrons. The number of pyridine rings is 1. The number of rotatable bonds is 4. The first-order valence-corrected chi connectivity index (χ1v) is 9.50. The largest absolute Gasteiger partial charge is 0.454 e. The van der Waals surface area contributed by atoms with Gasteiger partial charge in [-0.3, -0.25) is 9.78 Å². The molecule has 0 bridgehead atoms. The quantitative estimate of drug-likeness (QED) is 0.613. The van der Waals surface area contributed by atoms with Crippen molar-refractivity contribution in [3.05, 3.63) is 81.6 Å². The highest BCUT2D eigenvalue weighted by Gasteiger charge is 2.25. The molecule has 0 atom stereocenters. The van der Waals surface area contributed by atoms with Gasteiger partial charge >= 0.3 is 0 Å². The number of nitrogen functional groups attached to an aromatic ring is 1. The number of hydrogen-bond donors (Lipinski definition) is 1. The van der Waals surface area contributed by atoms with E-state index in [2.05, 4.69) is 4.98 Å². The average molecular weight is 414 g/mol. The van der Waals surface area contributed by atoms with Gasteiger partial charge in [0.15, 0.2) is 5.75 Å². The van der Waals surface area contributed by atoms with Crippen LogP contribution in [0.4, 0.5) is 5.69 Å². The normalized spacial score (nSPS) is 13.4. The van der Waals surface area contributed by atoms with E-state index < -0.39 is 0 Å². The zero-order valence-corrected chi connectivity index (χ0v) is 16.4. The summed E-state index contributed by atoms with van der Waals surface area (Å²) in [4.78, 5) is 18.7. The van der Waals surface area contributed by atoms with Crippen molar-refractivity contribution in [2.45, 2.75) is 13.0 Å². The second kappa shape index (κ2) is 7.70. The molecule has 0 unspecified atom stereocenters. The van der Waals surface area contributed by atoms with Crippen LogP contribution in [0.25, 0.3) is 0 Å². The minimum absolute atomic E-state index is 0.00756. The van der Waals surface area contributed by atoms with Crippen LogP contribution < -0.4 is 10.5 Å². The van der Waals surface area contributed by atoms with E-state index in [1.165, 1.54) is 0 Å². The molecule has 7 heteroatoms. The van der Waals surface area contributed by atoms with Gasteiger partial charge in [0.05, 0.1) is 10.0 Å². The summed E-state index contributed by atoms with van der Waals surface area (Å²) >= 11 is 12.4. The van der Waals surface area contributed by atoms with Crippen molar-refractivity contribution in [2.75, 3.05) is 12.3 Å². The van der Waals surface area contributed by atoms with Crippen LogP contribution in [-0.4, -0.2) is 22.3 Å². The number of fused-ring (bicyclic) bond motifs is 1. The van der Waals surface area contributed by atoms with Crippen LogP contribution in [0.3, 0.4) is 0 Å². The minimum Gasteiger partial charge on any atom is -0.454 e. The maximum Gasteiger partial charge on any atom is 0.254 e. The zero-order chi connectivity index (χ0) is 19.7. The number of carbonyl (C=O) groups excluding carboxylic acids is 1. The van der Waals surface area contributed by atoms with Gasteiger partial charge in [-0.05, 0) is 60.0 Å². The lowest BCUT2D eigenvalue weighted by Gasteiger charge is -2.29. The minimum atomic E-state index is 0.00756. The Morgan fingerprint density at radius 2 is 1.79 bits per heavy atom. The Balaban J connectivity index is 1.55. The first-order valence-electron chi connectivity index (χ1n) is 8.75. The van der Waals surface area contributed by atoms with E-state index in [-0.39, 0.29) is 5.91 Å². The summed E-state index contributed by atoms with van der Waals surface area (Å²) in [6.45, 7) is 1.21. The van der Waals surface area contributed by atoms with E-state index in [0.717, 1.165) is 17.5 Å². The van der Waals surface area contributed by atoms with Crippen LogP contribution >= 0.6 is 23.2 Å². The Hall–Kier alpha value is -2.76. The molecule has 5 nitrogen and oxygen atoms in total. The van der Waals surface area contributed by atoms with Gasteiger partial charge < -0.3 is 15.4 Å². The monoisotopic (exact) mass is 413 g/mol. The first kappa shape index (κ1) is 18.6. The van der Waals surface area contributed by atoms with E-state index in [1.54, 1.807) is 36.7 Å². The van der Waals surface area contributed by atoms with Crippen LogP contribution in [-0.2, 0) is 13.0 Å². The SMILES string of the molecule is Nc1cc(Cl)c(Oc2ccc3c(c2)CCN(Cc2ccncc2)C3=O)c(Cl)c1. The number of amides is 1. The number of nitrogens with two attached hydrogens (primary N) is 1. The molecule has 0 fully saturated rings. The predicted octanol–water partition coefficient (Wildman–Crippen LogP) is 4.96. The van der Waals surface area contributed by atoms with Crippen molar-refractivity contribution in [1.82, 2.24) is 9.88 Å². The van der Waals surface area contributed by atoms with Crippen LogP contribution in [0.2, 0.25) is 10.0 Å². The average Bonchev–Trinajstić information content (AvgIpc) is 2.68. The van der Waals surface area contributed by atoms with Gasteiger partial charge in [-0.25, -0.2) is 0 Å². The van der Waals surface area contributed by atoms with Gasteiger partial charge in [0, 0.05) is 36.7 Å². The third-order valence-corrected chi connectivity index (χ3v) is 5.17. The van der Waals surface area contributed by atoms with Crippen molar-refractivity contribution >= 4 is 34.8 Å². The lowest BCUT2D eigenvalue weighted by Crippen LogP contribution is -2.37. The fraction of sp³-hybridized carbons (Fsp3) is 0.143. The molecule has 4 rings (SSSR count). The molecule has 2 heterocycles. The third-order valence-electron chi connectivity index (χ3n) is 4.61. The second-order valence-electron chi connectivity index (χ2n) is 6.57. The van der Waals surface area contributed by atoms with E-state index in [1.807, 2.05) is 23.1 Å². The Kier molecular flexibility index (Phi) is 5.11.